The smallest absolute Gasteiger partial charge is 0.240 e. The fourth-order valence-electron chi connectivity index (χ4n) is 1.32. The normalized spacial score (nSPS) is 21.7. The predicted molar refractivity (Wildman–Crippen MR) is 54.5 cm³/mol. The first-order valence-corrected chi connectivity index (χ1v) is 4.98. The zero-order valence-electron chi connectivity index (χ0n) is 9.17. The molecule has 0 saturated heterocycles. The summed E-state index contributed by atoms with van der Waals surface area (Å²) in [6.45, 7) is 6.01. The summed E-state index contributed by atoms with van der Waals surface area (Å²) in [5.74, 6) is -0.244. The molecule has 0 spiro atoms. The molecule has 1 saturated carbocycles. The van der Waals surface area contributed by atoms with E-state index in [0.29, 0.717) is 0 Å². The Morgan fingerprint density at radius 1 is 1.43 bits per heavy atom. The molecule has 4 heteroatoms. The molecule has 0 aromatic rings. The standard InChI is InChI=1S/C10H20N2O2/c1-9(2,3)14-6-10(12,8(11)13)7-4-5-7/h7H,4-6,12H2,1-3H3,(H2,11,13). The van der Waals surface area contributed by atoms with E-state index in [9.17, 15) is 4.79 Å². The van der Waals surface area contributed by atoms with Crippen molar-refractivity contribution in [3.05, 3.63) is 0 Å². The maximum absolute atomic E-state index is 11.2. The molecule has 0 aromatic heterocycles. The highest BCUT2D eigenvalue weighted by Gasteiger charge is 2.47. The maximum atomic E-state index is 11.2. The molecular formula is C10H20N2O2. The second-order valence-corrected chi connectivity index (χ2v) is 5.08. The summed E-state index contributed by atoms with van der Waals surface area (Å²) >= 11 is 0. The molecule has 0 heterocycles. The second kappa shape index (κ2) is 3.51. The second-order valence-electron chi connectivity index (χ2n) is 5.08. The molecule has 1 aliphatic carbocycles. The van der Waals surface area contributed by atoms with E-state index in [1.165, 1.54) is 0 Å². The van der Waals surface area contributed by atoms with Crippen molar-refractivity contribution in [2.24, 2.45) is 17.4 Å². The lowest BCUT2D eigenvalue weighted by atomic mass is 9.94. The van der Waals surface area contributed by atoms with E-state index < -0.39 is 11.4 Å². The van der Waals surface area contributed by atoms with Crippen LogP contribution in [-0.2, 0) is 9.53 Å². The predicted octanol–water partition coefficient (Wildman–Crippen LogP) is 0.394. The van der Waals surface area contributed by atoms with Gasteiger partial charge in [0.1, 0.15) is 5.54 Å². The summed E-state index contributed by atoms with van der Waals surface area (Å²) in [7, 11) is 0. The number of hydrogen-bond acceptors (Lipinski definition) is 3. The van der Waals surface area contributed by atoms with Gasteiger partial charge in [-0.3, -0.25) is 4.79 Å². The van der Waals surface area contributed by atoms with Crippen LogP contribution in [0.15, 0.2) is 0 Å². The van der Waals surface area contributed by atoms with E-state index in [1.54, 1.807) is 0 Å². The lowest BCUT2D eigenvalue weighted by Crippen LogP contribution is -2.58. The van der Waals surface area contributed by atoms with Crippen LogP contribution in [0.3, 0.4) is 0 Å². The van der Waals surface area contributed by atoms with Crippen LogP contribution in [0.2, 0.25) is 0 Å². The van der Waals surface area contributed by atoms with E-state index in [2.05, 4.69) is 0 Å². The average Bonchev–Trinajstić information content (AvgIpc) is 2.80. The van der Waals surface area contributed by atoms with Crippen molar-refractivity contribution in [1.29, 1.82) is 0 Å². The van der Waals surface area contributed by atoms with Gasteiger partial charge >= 0.3 is 0 Å². The molecule has 0 bridgehead atoms. The summed E-state index contributed by atoms with van der Waals surface area (Å²) in [6, 6.07) is 0. The van der Waals surface area contributed by atoms with Crippen LogP contribution in [-0.4, -0.2) is 23.7 Å². The molecule has 4 N–H and O–H groups in total. The van der Waals surface area contributed by atoms with Gasteiger partial charge in [0.15, 0.2) is 0 Å². The van der Waals surface area contributed by atoms with Crippen LogP contribution in [0, 0.1) is 5.92 Å². The van der Waals surface area contributed by atoms with Gasteiger partial charge in [0.25, 0.3) is 0 Å². The fourth-order valence-corrected chi connectivity index (χ4v) is 1.32. The number of amides is 1. The number of ether oxygens (including phenoxy) is 1. The Hall–Kier alpha value is -0.610. The van der Waals surface area contributed by atoms with Crippen molar-refractivity contribution >= 4 is 5.91 Å². The monoisotopic (exact) mass is 200 g/mol. The molecule has 1 unspecified atom stereocenters. The first kappa shape index (κ1) is 11.5. The fraction of sp³-hybridized carbons (Fsp3) is 0.900. The van der Waals surface area contributed by atoms with Gasteiger partial charge in [-0.2, -0.15) is 0 Å². The summed E-state index contributed by atoms with van der Waals surface area (Å²) in [5, 5.41) is 0. The number of nitrogens with two attached hydrogens (primary N) is 2. The molecule has 82 valence electrons. The molecule has 0 aliphatic heterocycles. The van der Waals surface area contributed by atoms with Gasteiger partial charge in [-0.15, -0.1) is 0 Å². The highest BCUT2D eigenvalue weighted by molar-refractivity contribution is 5.85. The first-order valence-electron chi connectivity index (χ1n) is 4.98. The van der Waals surface area contributed by atoms with Gasteiger partial charge in [0.05, 0.1) is 12.2 Å². The molecule has 1 atom stereocenters. The van der Waals surface area contributed by atoms with Crippen molar-refractivity contribution in [1.82, 2.24) is 0 Å². The van der Waals surface area contributed by atoms with Gasteiger partial charge in [-0.05, 0) is 39.5 Å². The molecule has 4 nitrogen and oxygen atoms in total. The Labute approximate surface area is 85.0 Å². The van der Waals surface area contributed by atoms with E-state index in [4.69, 9.17) is 16.2 Å². The Morgan fingerprint density at radius 3 is 2.21 bits per heavy atom. The van der Waals surface area contributed by atoms with Crippen molar-refractivity contribution < 1.29 is 9.53 Å². The lowest BCUT2D eigenvalue weighted by Gasteiger charge is -2.30. The van der Waals surface area contributed by atoms with Gasteiger partial charge in [-0.25, -0.2) is 0 Å². The van der Waals surface area contributed by atoms with Crippen LogP contribution >= 0.6 is 0 Å². The van der Waals surface area contributed by atoms with Crippen molar-refractivity contribution in [3.63, 3.8) is 0 Å². The van der Waals surface area contributed by atoms with E-state index in [1.807, 2.05) is 20.8 Å². The number of hydrogen-bond donors (Lipinski definition) is 2. The van der Waals surface area contributed by atoms with Crippen molar-refractivity contribution in [2.75, 3.05) is 6.61 Å². The largest absolute Gasteiger partial charge is 0.373 e. The van der Waals surface area contributed by atoms with Gasteiger partial charge < -0.3 is 16.2 Å². The minimum atomic E-state index is -0.965. The van der Waals surface area contributed by atoms with E-state index >= 15 is 0 Å². The zero-order valence-corrected chi connectivity index (χ0v) is 9.17. The van der Waals surface area contributed by atoms with Crippen LogP contribution in [0.1, 0.15) is 33.6 Å². The molecule has 1 amide bonds. The van der Waals surface area contributed by atoms with Gasteiger partial charge in [0.2, 0.25) is 5.91 Å². The highest BCUT2D eigenvalue weighted by Crippen LogP contribution is 2.38. The van der Waals surface area contributed by atoms with E-state index in [0.717, 1.165) is 12.8 Å². The topological polar surface area (TPSA) is 78.3 Å². The Balaban J connectivity index is 2.56. The first-order chi connectivity index (χ1) is 6.26. The molecule has 1 aliphatic rings. The van der Waals surface area contributed by atoms with Crippen LogP contribution < -0.4 is 11.5 Å². The molecule has 14 heavy (non-hydrogen) atoms. The molecule has 1 fully saturated rings. The average molecular weight is 200 g/mol. The zero-order chi connectivity index (χ0) is 11.0. The summed E-state index contributed by atoms with van der Waals surface area (Å²) in [6.07, 6.45) is 1.96. The quantitative estimate of drug-likeness (QED) is 0.689. The van der Waals surface area contributed by atoms with E-state index in [-0.39, 0.29) is 18.1 Å². The van der Waals surface area contributed by atoms with Crippen molar-refractivity contribution in [3.8, 4) is 0 Å². The third-order valence-corrected chi connectivity index (χ3v) is 2.51. The van der Waals surface area contributed by atoms with Crippen LogP contribution in [0.25, 0.3) is 0 Å². The number of rotatable bonds is 4. The maximum Gasteiger partial charge on any atom is 0.240 e. The SMILES string of the molecule is CC(C)(C)OCC(N)(C(N)=O)C1CC1. The summed E-state index contributed by atoms with van der Waals surface area (Å²) in [5.41, 5.74) is 10.0. The van der Waals surface area contributed by atoms with Crippen LogP contribution in [0.4, 0.5) is 0 Å². The minimum Gasteiger partial charge on any atom is -0.373 e. The number of carbonyl (C=O) groups excluding carboxylic acids is 1. The number of primary amides is 1. The van der Waals surface area contributed by atoms with Crippen molar-refractivity contribution in [2.45, 2.75) is 44.8 Å². The molecule has 0 radical (unpaired) electrons. The lowest BCUT2D eigenvalue weighted by molar-refractivity contribution is -0.129. The molecule has 0 aromatic carbocycles. The Bertz CT molecular complexity index is 231. The third kappa shape index (κ3) is 2.69. The minimum absolute atomic E-state index is 0.211. The van der Waals surface area contributed by atoms with Gasteiger partial charge in [0, 0.05) is 0 Å². The molecule has 1 rings (SSSR count). The van der Waals surface area contributed by atoms with Gasteiger partial charge in [-0.1, -0.05) is 0 Å². The highest BCUT2D eigenvalue weighted by atomic mass is 16.5. The third-order valence-electron chi connectivity index (χ3n) is 2.51. The van der Waals surface area contributed by atoms with Crippen LogP contribution in [0.5, 0.6) is 0 Å². The summed E-state index contributed by atoms with van der Waals surface area (Å²) in [4.78, 5) is 11.2. The number of carbonyl (C=O) groups is 1. The molecular weight excluding hydrogens is 180 g/mol. The summed E-state index contributed by atoms with van der Waals surface area (Å²) < 4.78 is 5.53. The Kier molecular flexibility index (Phi) is 2.88. The Morgan fingerprint density at radius 2 is 1.93 bits per heavy atom.